The first-order valence-electron chi connectivity index (χ1n) is 18.5. The number of nitrogens with zero attached hydrogens (tertiary/aromatic N) is 2. The van der Waals surface area contributed by atoms with Crippen molar-refractivity contribution in [1.29, 1.82) is 0 Å². The van der Waals surface area contributed by atoms with Crippen LogP contribution in [0.15, 0.2) is 151 Å². The van der Waals surface area contributed by atoms with E-state index >= 15 is 0 Å². The molecule has 0 amide bonds. The molecule has 5 unspecified atom stereocenters. The molecule has 0 radical (unpaired) electrons. The first-order chi connectivity index (χ1) is 24.7. The van der Waals surface area contributed by atoms with Gasteiger partial charge in [-0.05, 0) is 104 Å². The molecule has 0 saturated carbocycles. The van der Waals surface area contributed by atoms with Crippen molar-refractivity contribution in [2.24, 2.45) is 17.6 Å². The van der Waals surface area contributed by atoms with Crippen molar-refractivity contribution in [3.05, 3.63) is 174 Å². The summed E-state index contributed by atoms with van der Waals surface area (Å²) in [6, 6.07) is 36.4. The number of hydrogen-bond donors (Lipinski definition) is 1. The third-order valence-electron chi connectivity index (χ3n) is 11.6. The number of hydrogen-bond acceptors (Lipinski definition) is 2. The molecule has 1 aliphatic heterocycles. The predicted molar refractivity (Wildman–Crippen MR) is 210 cm³/mol. The van der Waals surface area contributed by atoms with Crippen LogP contribution in [-0.4, -0.2) is 10.6 Å². The zero-order valence-electron chi connectivity index (χ0n) is 28.8. The Morgan fingerprint density at radius 3 is 2.56 bits per heavy atom. The normalized spacial score (nSPS) is 22.8. The molecule has 4 aliphatic rings. The van der Waals surface area contributed by atoms with E-state index < -0.39 is 0 Å². The summed E-state index contributed by atoms with van der Waals surface area (Å²) >= 11 is 0. The van der Waals surface area contributed by atoms with Crippen LogP contribution in [0, 0.1) is 11.8 Å². The number of fused-ring (bicyclic) bond motifs is 6. The molecule has 2 heterocycles. The van der Waals surface area contributed by atoms with Crippen molar-refractivity contribution in [2.75, 3.05) is 4.90 Å². The van der Waals surface area contributed by atoms with Gasteiger partial charge < -0.3 is 15.2 Å². The maximum absolute atomic E-state index is 6.62. The highest BCUT2D eigenvalue weighted by Gasteiger charge is 2.46. The lowest BCUT2D eigenvalue weighted by atomic mass is 9.75. The van der Waals surface area contributed by atoms with Gasteiger partial charge >= 0.3 is 0 Å². The monoisotopic (exact) mass is 651 g/mol. The minimum atomic E-state index is 0.00545. The summed E-state index contributed by atoms with van der Waals surface area (Å²) in [5.74, 6) is 1.44. The Morgan fingerprint density at radius 2 is 1.70 bits per heavy atom. The highest BCUT2D eigenvalue weighted by Crippen LogP contribution is 2.51. The highest BCUT2D eigenvalue weighted by atomic mass is 15.2. The third-order valence-corrected chi connectivity index (χ3v) is 11.6. The summed E-state index contributed by atoms with van der Waals surface area (Å²) in [6.45, 7) is 2.06. The molecule has 1 aromatic heterocycles. The van der Waals surface area contributed by atoms with Gasteiger partial charge in [0.15, 0.2) is 0 Å². The number of benzene rings is 4. The Morgan fingerprint density at radius 1 is 0.860 bits per heavy atom. The van der Waals surface area contributed by atoms with Crippen LogP contribution in [-0.2, 0) is 6.42 Å². The van der Waals surface area contributed by atoms with E-state index in [1.807, 2.05) is 0 Å². The quantitative estimate of drug-likeness (QED) is 0.178. The lowest BCUT2D eigenvalue weighted by molar-refractivity contribution is 0.404. The van der Waals surface area contributed by atoms with E-state index in [-0.39, 0.29) is 6.04 Å². The molecule has 5 atom stereocenters. The SMILES string of the molecule is C/C=C\CC(N)c1cccc(N2C3=CCC(c4ccc5c(c4)c4c(n5-c5ccc(-c6ccccc6)cc5)CCC=C4)CC3C3C=CC=CC32)c1. The summed E-state index contributed by atoms with van der Waals surface area (Å²) < 4.78 is 2.52. The van der Waals surface area contributed by atoms with E-state index in [0.717, 1.165) is 32.1 Å². The molecule has 3 heteroatoms. The first kappa shape index (κ1) is 30.9. The zero-order valence-corrected chi connectivity index (χ0v) is 28.8. The number of nitrogens with two attached hydrogens (primary N) is 1. The molecule has 248 valence electrons. The van der Waals surface area contributed by atoms with Gasteiger partial charge in [-0.25, -0.2) is 0 Å². The molecule has 0 spiro atoms. The molecule has 1 saturated heterocycles. The van der Waals surface area contributed by atoms with Crippen LogP contribution in [0.25, 0.3) is 33.8 Å². The predicted octanol–water partition coefficient (Wildman–Crippen LogP) is 11.2. The maximum Gasteiger partial charge on any atom is 0.0591 e. The molecule has 3 aliphatic carbocycles. The van der Waals surface area contributed by atoms with E-state index in [4.69, 9.17) is 5.73 Å². The van der Waals surface area contributed by atoms with Crippen LogP contribution in [0.2, 0.25) is 0 Å². The lowest BCUT2D eigenvalue weighted by Gasteiger charge is -2.31. The first-order valence-corrected chi connectivity index (χ1v) is 18.5. The van der Waals surface area contributed by atoms with Crippen molar-refractivity contribution in [2.45, 2.75) is 57.0 Å². The third kappa shape index (κ3) is 5.32. The van der Waals surface area contributed by atoms with Gasteiger partial charge in [-0.2, -0.15) is 0 Å². The topological polar surface area (TPSA) is 34.2 Å². The minimum absolute atomic E-state index is 0.00545. The Kier molecular flexibility index (Phi) is 8.01. The summed E-state index contributed by atoms with van der Waals surface area (Å²) in [6.07, 6.45) is 26.1. The van der Waals surface area contributed by atoms with Gasteiger partial charge in [0.25, 0.3) is 0 Å². The van der Waals surface area contributed by atoms with Crippen molar-refractivity contribution in [3.63, 3.8) is 0 Å². The largest absolute Gasteiger partial charge is 0.338 e. The van der Waals surface area contributed by atoms with Crippen molar-refractivity contribution in [1.82, 2.24) is 4.57 Å². The fourth-order valence-corrected chi connectivity index (χ4v) is 9.12. The van der Waals surface area contributed by atoms with Crippen LogP contribution in [0.5, 0.6) is 0 Å². The van der Waals surface area contributed by atoms with E-state index in [9.17, 15) is 0 Å². The molecule has 3 nitrogen and oxygen atoms in total. The Bertz CT molecular complexity index is 2190. The fraction of sp³-hybridized carbons (Fsp3) is 0.234. The Balaban J connectivity index is 1.05. The second-order valence-corrected chi connectivity index (χ2v) is 14.4. The highest BCUT2D eigenvalue weighted by molar-refractivity contribution is 5.94. The zero-order chi connectivity index (χ0) is 33.6. The molecular formula is C47H45N3. The minimum Gasteiger partial charge on any atom is -0.338 e. The Hall–Kier alpha value is -5.12. The fourth-order valence-electron chi connectivity index (χ4n) is 9.12. The molecular weight excluding hydrogens is 607 g/mol. The average Bonchev–Trinajstić information content (AvgIpc) is 3.69. The van der Waals surface area contributed by atoms with Gasteiger partial charge in [-0.1, -0.05) is 115 Å². The summed E-state index contributed by atoms with van der Waals surface area (Å²) in [4.78, 5) is 2.62. The summed E-state index contributed by atoms with van der Waals surface area (Å²) in [7, 11) is 0. The van der Waals surface area contributed by atoms with Gasteiger partial charge in [-0.15, -0.1) is 0 Å². The van der Waals surface area contributed by atoms with Crippen molar-refractivity contribution in [3.8, 4) is 16.8 Å². The summed E-state index contributed by atoms with van der Waals surface area (Å²) in [5.41, 5.74) is 19.9. The summed E-state index contributed by atoms with van der Waals surface area (Å²) in [5, 5.41) is 1.38. The molecule has 50 heavy (non-hydrogen) atoms. The van der Waals surface area contributed by atoms with Gasteiger partial charge in [0.05, 0.1) is 11.6 Å². The number of allylic oxidation sites excluding steroid dienone is 6. The molecule has 5 aromatic rings. The van der Waals surface area contributed by atoms with E-state index in [0.29, 0.717) is 23.8 Å². The molecule has 2 N–H and O–H groups in total. The molecule has 9 rings (SSSR count). The Labute approximate surface area is 296 Å². The van der Waals surface area contributed by atoms with E-state index in [2.05, 4.69) is 168 Å². The standard InChI is InChI=1S/C47H45N3/c1-2-3-18-43(48)36-14-11-15-38(29-36)50-45-20-10-8-17-40(45)42-31-35(24-28-47(42)50)34-23-27-46-41(30-34)39-16-7-9-19-44(39)49(46)37-25-21-33(22-26-37)32-12-5-4-6-13-32/h2-8,10-17,20-23,25-30,35,40,42-43,45H,9,18-19,24,31,48H2,1H3/b3-2-. The van der Waals surface area contributed by atoms with Gasteiger partial charge in [-0.3, -0.25) is 0 Å². The lowest BCUT2D eigenvalue weighted by Crippen LogP contribution is -2.30. The van der Waals surface area contributed by atoms with Gasteiger partial charge in [0.2, 0.25) is 0 Å². The second-order valence-electron chi connectivity index (χ2n) is 14.4. The van der Waals surface area contributed by atoms with Crippen LogP contribution < -0.4 is 10.6 Å². The second kappa shape index (κ2) is 13.0. The smallest absolute Gasteiger partial charge is 0.0591 e. The number of anilines is 1. The molecule has 0 bridgehead atoms. The van der Waals surface area contributed by atoms with Crippen molar-refractivity contribution >= 4 is 22.7 Å². The van der Waals surface area contributed by atoms with Crippen molar-refractivity contribution < 1.29 is 0 Å². The average molecular weight is 652 g/mol. The van der Waals surface area contributed by atoms with Crippen LogP contribution in [0.4, 0.5) is 5.69 Å². The molecule has 4 aromatic carbocycles. The van der Waals surface area contributed by atoms with Crippen LogP contribution in [0.1, 0.15) is 67.0 Å². The maximum atomic E-state index is 6.62. The van der Waals surface area contributed by atoms with Crippen LogP contribution in [0.3, 0.4) is 0 Å². The van der Waals surface area contributed by atoms with Gasteiger partial charge in [0.1, 0.15) is 0 Å². The number of rotatable bonds is 7. The van der Waals surface area contributed by atoms with Gasteiger partial charge in [0, 0.05) is 51.6 Å². The number of aromatic nitrogens is 1. The van der Waals surface area contributed by atoms with Crippen LogP contribution >= 0.6 is 0 Å². The van der Waals surface area contributed by atoms with E-state index in [1.165, 1.54) is 61.5 Å². The van der Waals surface area contributed by atoms with E-state index in [1.54, 1.807) is 0 Å². The molecule has 1 fully saturated rings.